The van der Waals surface area contributed by atoms with Gasteiger partial charge in [0.15, 0.2) is 0 Å². The molecule has 0 radical (unpaired) electrons. The van der Waals surface area contributed by atoms with Gasteiger partial charge in [-0.3, -0.25) is 0 Å². The topological polar surface area (TPSA) is 118 Å². The highest BCUT2D eigenvalue weighted by atomic mass is 31.2. The van der Waals surface area contributed by atoms with Crippen LogP contribution in [0.15, 0.2) is 0 Å². The first-order chi connectivity index (χ1) is 6.34. The molecule has 0 saturated carbocycles. The van der Waals surface area contributed by atoms with Crippen LogP contribution in [0.3, 0.4) is 0 Å². The number of aliphatic hydroxyl groups excluding tert-OH is 5. The summed E-state index contributed by atoms with van der Waals surface area (Å²) in [5, 5.41) is 46.2. The zero-order valence-corrected chi connectivity index (χ0v) is 8.58. The Morgan fingerprint density at radius 1 is 1.07 bits per heavy atom. The van der Waals surface area contributed by atoms with E-state index in [0.717, 1.165) is 0 Å². The largest absolute Gasteiger partial charge is 0.395 e. The Bertz CT molecular complexity index is 257. The van der Waals surface area contributed by atoms with E-state index >= 15 is 0 Å². The van der Waals surface area contributed by atoms with Crippen molar-refractivity contribution in [2.24, 2.45) is 0 Å². The van der Waals surface area contributed by atoms with Gasteiger partial charge in [-0.1, -0.05) is 0 Å². The second-order valence-electron chi connectivity index (χ2n) is 3.69. The molecule has 1 rings (SSSR count). The first kappa shape index (κ1) is 12.1. The second-order valence-corrected chi connectivity index (χ2v) is 7.00. The monoisotopic (exact) mass is 226 g/mol. The van der Waals surface area contributed by atoms with E-state index in [4.69, 9.17) is 5.11 Å². The van der Waals surface area contributed by atoms with Crippen molar-refractivity contribution in [1.82, 2.24) is 0 Å². The second kappa shape index (κ2) is 3.89. The summed E-state index contributed by atoms with van der Waals surface area (Å²) in [6.45, 7) is 0.590. The van der Waals surface area contributed by atoms with Gasteiger partial charge in [0, 0.05) is 0 Å². The van der Waals surface area contributed by atoms with Crippen molar-refractivity contribution in [2.75, 3.05) is 13.3 Å². The van der Waals surface area contributed by atoms with Crippen LogP contribution in [0.25, 0.3) is 0 Å². The maximum absolute atomic E-state index is 11.9. The molecule has 0 aromatic heterocycles. The first-order valence-corrected chi connectivity index (χ1v) is 6.53. The van der Waals surface area contributed by atoms with Crippen molar-refractivity contribution in [3.05, 3.63) is 0 Å². The molecular weight excluding hydrogens is 211 g/mol. The lowest BCUT2D eigenvalue weighted by Gasteiger charge is -2.42. The van der Waals surface area contributed by atoms with Gasteiger partial charge in [-0.25, -0.2) is 0 Å². The van der Waals surface area contributed by atoms with Crippen molar-refractivity contribution in [3.8, 4) is 0 Å². The van der Waals surface area contributed by atoms with Gasteiger partial charge in [0.1, 0.15) is 25.2 Å². The molecule has 1 saturated heterocycles. The van der Waals surface area contributed by atoms with E-state index < -0.39 is 43.6 Å². The number of aliphatic hydroxyl groups is 5. The van der Waals surface area contributed by atoms with Crippen molar-refractivity contribution >= 4 is 7.14 Å². The Labute approximate surface area is 81.2 Å². The van der Waals surface area contributed by atoms with Crippen LogP contribution in [-0.4, -0.2) is 68.6 Å². The lowest BCUT2D eigenvalue weighted by molar-refractivity contribution is -0.101. The average molecular weight is 226 g/mol. The summed E-state index contributed by atoms with van der Waals surface area (Å²) in [5.41, 5.74) is -1.09. The van der Waals surface area contributed by atoms with Crippen molar-refractivity contribution in [1.29, 1.82) is 0 Å². The highest BCUT2D eigenvalue weighted by Gasteiger charge is 2.52. The fourth-order valence-corrected chi connectivity index (χ4v) is 3.96. The van der Waals surface area contributed by atoms with Gasteiger partial charge >= 0.3 is 0 Å². The minimum atomic E-state index is -3.29. The smallest absolute Gasteiger partial charge is 0.135 e. The minimum absolute atomic E-state index is 0.601. The molecule has 0 aromatic carbocycles. The summed E-state index contributed by atoms with van der Waals surface area (Å²) < 4.78 is 11.9. The van der Waals surface area contributed by atoms with Crippen LogP contribution < -0.4 is 0 Å². The number of hydrogen-bond acceptors (Lipinski definition) is 6. The lowest BCUT2D eigenvalue weighted by Crippen LogP contribution is -2.56. The number of rotatable bonds is 1. The van der Waals surface area contributed by atoms with Gasteiger partial charge < -0.3 is 30.1 Å². The van der Waals surface area contributed by atoms with Gasteiger partial charge in [0.25, 0.3) is 0 Å². The standard InChI is InChI=1S/C7H15O6P/c1-14(13)3(2-8)4(9)5(10)6(11)7(14)12/h3-12H,2H2,1H3/t3-,4-,5+,6+,7?,14?/m1/s1. The molecule has 1 fully saturated rings. The molecule has 5 N–H and O–H groups in total. The van der Waals surface area contributed by atoms with Crippen LogP contribution in [0, 0.1) is 0 Å². The highest BCUT2D eigenvalue weighted by molar-refractivity contribution is 7.64. The molecular formula is C7H15O6P. The highest BCUT2D eigenvalue weighted by Crippen LogP contribution is 2.56. The molecule has 6 nitrogen and oxygen atoms in total. The zero-order valence-electron chi connectivity index (χ0n) is 7.69. The molecule has 0 spiro atoms. The van der Waals surface area contributed by atoms with Crippen molar-refractivity contribution in [3.63, 3.8) is 0 Å². The van der Waals surface area contributed by atoms with Crippen LogP contribution in [-0.2, 0) is 4.57 Å². The molecule has 0 bridgehead atoms. The van der Waals surface area contributed by atoms with Gasteiger partial charge in [-0.05, 0) is 6.66 Å². The predicted molar refractivity (Wildman–Crippen MR) is 48.4 cm³/mol. The van der Waals surface area contributed by atoms with E-state index in [9.17, 15) is 25.0 Å². The maximum Gasteiger partial charge on any atom is 0.135 e. The molecule has 1 aliphatic heterocycles. The molecule has 1 aliphatic rings. The molecule has 14 heavy (non-hydrogen) atoms. The fourth-order valence-electron chi connectivity index (χ4n) is 1.68. The van der Waals surface area contributed by atoms with Crippen molar-refractivity contribution < 1.29 is 30.1 Å². The summed E-state index contributed by atoms with van der Waals surface area (Å²) in [7, 11) is -3.29. The molecule has 84 valence electrons. The Morgan fingerprint density at radius 2 is 1.57 bits per heavy atom. The Hall–Kier alpha value is 0.0300. The van der Waals surface area contributed by atoms with Crippen LogP contribution in [0.5, 0.6) is 0 Å². The Balaban J connectivity index is 3.03. The number of hydrogen-bond donors (Lipinski definition) is 5. The van der Waals surface area contributed by atoms with E-state index in [2.05, 4.69) is 0 Å². The van der Waals surface area contributed by atoms with Gasteiger partial charge in [-0.15, -0.1) is 0 Å². The third-order valence-corrected chi connectivity index (χ3v) is 5.91. The van der Waals surface area contributed by atoms with Crippen LogP contribution in [0.1, 0.15) is 0 Å². The van der Waals surface area contributed by atoms with E-state index in [0.29, 0.717) is 0 Å². The molecule has 1 heterocycles. The van der Waals surface area contributed by atoms with E-state index in [1.54, 1.807) is 0 Å². The fraction of sp³-hybridized carbons (Fsp3) is 1.00. The first-order valence-electron chi connectivity index (χ1n) is 4.24. The van der Waals surface area contributed by atoms with Crippen molar-refractivity contribution in [2.45, 2.75) is 29.8 Å². The van der Waals surface area contributed by atoms with Crippen LogP contribution in [0.4, 0.5) is 0 Å². The molecule has 2 unspecified atom stereocenters. The summed E-state index contributed by atoms with van der Waals surface area (Å²) in [5.74, 6) is -1.60. The minimum Gasteiger partial charge on any atom is -0.395 e. The third kappa shape index (κ3) is 1.62. The van der Waals surface area contributed by atoms with Gasteiger partial charge in [0.2, 0.25) is 0 Å². The summed E-state index contributed by atoms with van der Waals surface area (Å²) >= 11 is 0. The van der Waals surface area contributed by atoms with Crippen LogP contribution in [0.2, 0.25) is 0 Å². The maximum atomic E-state index is 11.9. The molecule has 0 aromatic rings. The van der Waals surface area contributed by atoms with Gasteiger partial charge in [-0.2, -0.15) is 0 Å². The van der Waals surface area contributed by atoms with Gasteiger partial charge in [0.05, 0.1) is 18.4 Å². The van der Waals surface area contributed by atoms with E-state index in [1.165, 1.54) is 6.66 Å². The molecule has 6 atom stereocenters. The predicted octanol–water partition coefficient (Wildman–Crippen LogP) is -2.25. The van der Waals surface area contributed by atoms with Crippen LogP contribution >= 0.6 is 7.14 Å². The third-order valence-electron chi connectivity index (χ3n) is 2.77. The molecule has 0 amide bonds. The summed E-state index contributed by atoms with van der Waals surface area (Å²) in [6.07, 6.45) is -4.69. The summed E-state index contributed by atoms with van der Waals surface area (Å²) in [6, 6.07) is 0. The average Bonchev–Trinajstić information content (AvgIpc) is 2.13. The lowest BCUT2D eigenvalue weighted by atomic mass is 10.0. The van der Waals surface area contributed by atoms with E-state index in [1.807, 2.05) is 0 Å². The zero-order chi connectivity index (χ0) is 11.1. The molecule has 7 heteroatoms. The quantitative estimate of drug-likeness (QED) is 0.322. The Morgan fingerprint density at radius 3 is 2.00 bits per heavy atom. The normalized spacial score (nSPS) is 54.6. The summed E-state index contributed by atoms with van der Waals surface area (Å²) in [4.78, 5) is 0. The Kier molecular flexibility index (Phi) is 3.36. The molecule has 0 aliphatic carbocycles. The van der Waals surface area contributed by atoms with E-state index in [-0.39, 0.29) is 0 Å². The SMILES string of the molecule is CP1(=O)C(O)[C@@H](O)[C@@H](O)[C@H](O)[C@H]1CO.